The lowest BCUT2D eigenvalue weighted by Crippen LogP contribution is -1.89. The molecule has 0 amide bonds. The van der Waals surface area contributed by atoms with E-state index in [1.165, 1.54) is 0 Å². The largest absolute Gasteiger partial charge is 0.505 e. The zero-order valence-electron chi connectivity index (χ0n) is 9.23. The zero-order chi connectivity index (χ0) is 11.5. The van der Waals surface area contributed by atoms with Gasteiger partial charge in [-0.3, -0.25) is 0 Å². The minimum absolute atomic E-state index is 0.0402. The van der Waals surface area contributed by atoms with Crippen LogP contribution in [-0.2, 0) is 0 Å². The van der Waals surface area contributed by atoms with Crippen LogP contribution in [0.2, 0.25) is 1.41 Å². The van der Waals surface area contributed by atoms with Crippen LogP contribution < -0.4 is 5.32 Å². The van der Waals surface area contributed by atoms with E-state index in [1.54, 1.807) is 13.1 Å². The summed E-state index contributed by atoms with van der Waals surface area (Å²) >= 11 is 0. The maximum absolute atomic E-state index is 10.0. The van der Waals surface area contributed by atoms with E-state index in [-0.39, 0.29) is 5.75 Å². The number of nitrogens with one attached hydrogen (secondary N) is 2. The van der Waals surface area contributed by atoms with Crippen molar-refractivity contribution in [3.05, 3.63) is 30.3 Å². The summed E-state index contributed by atoms with van der Waals surface area (Å²) in [5.41, 5.74) is 4.04. The molecular weight excluding hydrogens is 190 g/mol. The average molecular weight is 202 g/mol. The molecule has 0 fully saturated rings. The summed E-state index contributed by atoms with van der Waals surface area (Å²) < 4.78 is 6.67. The highest BCUT2D eigenvalue weighted by atomic mass is 16.3. The summed E-state index contributed by atoms with van der Waals surface area (Å²) in [6.45, 7) is 0. The van der Waals surface area contributed by atoms with Crippen LogP contribution in [-0.4, -0.2) is 12.2 Å². The molecule has 4 nitrogen and oxygen atoms in total. The molecule has 0 unspecified atom stereocenters. The molecule has 2 aromatic carbocycles. The molecule has 76 valence electrons. The van der Waals surface area contributed by atoms with Gasteiger partial charge >= 0.3 is 0 Å². The third-order valence-corrected chi connectivity index (χ3v) is 2.37. The number of fused-ring (bicyclic) bond motifs is 1. The van der Waals surface area contributed by atoms with Crippen LogP contribution >= 0.6 is 0 Å². The van der Waals surface area contributed by atoms with Crippen LogP contribution in [0.4, 0.5) is 11.4 Å². The van der Waals surface area contributed by atoms with Crippen LogP contribution in [0.1, 0.15) is 0 Å². The van der Waals surface area contributed by atoms with Crippen LogP contribution in [0.3, 0.4) is 0 Å². The summed E-state index contributed by atoms with van der Waals surface area (Å²) in [7, 11) is 1.78. The Hall–Kier alpha value is -2.10. The quantitative estimate of drug-likeness (QED) is 0.654. The van der Waals surface area contributed by atoms with E-state index in [4.69, 9.17) is 1.41 Å². The van der Waals surface area contributed by atoms with Gasteiger partial charge in [0.05, 0.1) is 0 Å². The molecule has 0 bridgehead atoms. The first-order valence-electron chi connectivity index (χ1n) is 5.00. The van der Waals surface area contributed by atoms with Crippen LogP contribution in [0.15, 0.2) is 35.4 Å². The molecule has 0 saturated heterocycles. The van der Waals surface area contributed by atoms with E-state index < -0.39 is 0 Å². The van der Waals surface area contributed by atoms with Crippen LogP contribution in [0, 0.1) is 5.52 Å². The first-order valence-corrected chi connectivity index (χ1v) is 4.55. The van der Waals surface area contributed by atoms with Crippen molar-refractivity contribution in [2.24, 2.45) is 5.11 Å². The van der Waals surface area contributed by atoms with Gasteiger partial charge in [-0.05, 0) is 17.5 Å². The van der Waals surface area contributed by atoms with Gasteiger partial charge in [-0.15, -0.1) is 0 Å². The van der Waals surface area contributed by atoms with Gasteiger partial charge in [-0.25, -0.2) is 5.52 Å². The molecule has 3 N–H and O–H groups in total. The van der Waals surface area contributed by atoms with E-state index in [0.717, 1.165) is 11.1 Å². The lowest BCUT2D eigenvalue weighted by atomic mass is 10.1. The Bertz CT molecular complexity index is 554. The Kier molecular flexibility index (Phi) is 1.96. The predicted molar refractivity (Wildman–Crippen MR) is 60.0 cm³/mol. The minimum Gasteiger partial charge on any atom is -0.505 e. The topological polar surface area (TPSA) is 68.5 Å². The molecule has 4 heteroatoms. The van der Waals surface area contributed by atoms with Gasteiger partial charge in [0, 0.05) is 18.1 Å². The second kappa shape index (κ2) is 3.57. The zero-order valence-corrected chi connectivity index (χ0v) is 8.23. The molecule has 0 spiro atoms. The summed E-state index contributed by atoms with van der Waals surface area (Å²) in [6, 6.07) is 9.13. The summed E-state index contributed by atoms with van der Waals surface area (Å²) in [4.78, 5) is 0. The maximum Gasteiger partial charge on any atom is 0.214 e. The second-order valence-corrected chi connectivity index (χ2v) is 3.19. The molecule has 0 radical (unpaired) electrons. The molecule has 2 rings (SSSR count). The molecule has 0 heterocycles. The summed E-state index contributed by atoms with van der Waals surface area (Å²) in [6.07, 6.45) is 0. The van der Waals surface area contributed by atoms with Gasteiger partial charge in [-0.2, -0.15) is 5.11 Å². The molecule has 0 saturated carbocycles. The van der Waals surface area contributed by atoms with E-state index in [2.05, 4.69) is 16.0 Å². The van der Waals surface area contributed by atoms with Gasteiger partial charge in [0.2, 0.25) is 1.41 Å². The van der Waals surface area contributed by atoms with Crippen molar-refractivity contribution in [3.8, 4) is 5.75 Å². The molecule has 0 aliphatic heterocycles. The number of hydrogen-bond donors (Lipinski definition) is 3. The average Bonchev–Trinajstić information content (AvgIpc) is 2.32. The van der Waals surface area contributed by atoms with E-state index in [1.807, 2.05) is 24.3 Å². The fourth-order valence-electron chi connectivity index (χ4n) is 1.64. The number of hydrogen-bond acceptors (Lipinski definition) is 4. The van der Waals surface area contributed by atoms with Crippen LogP contribution in [0.5, 0.6) is 5.75 Å². The molecule has 0 atom stereocenters. The molecule has 0 aliphatic carbocycles. The second-order valence-electron chi connectivity index (χ2n) is 3.19. The van der Waals surface area contributed by atoms with E-state index >= 15 is 0 Å². The van der Waals surface area contributed by atoms with E-state index in [0.29, 0.717) is 11.1 Å². The Balaban J connectivity index is 2.80. The van der Waals surface area contributed by atoms with Gasteiger partial charge < -0.3 is 10.4 Å². The Morgan fingerprint density at radius 2 is 2.27 bits per heavy atom. The number of anilines is 1. The maximum atomic E-state index is 10.0. The fraction of sp³-hybridized carbons (Fsp3) is 0.0909. The number of phenolic OH excluding ortho intramolecular Hbond substituents is 1. The Labute approximate surface area is 88.5 Å². The number of aromatic hydroxyl groups is 1. The number of phenols is 1. The van der Waals surface area contributed by atoms with Crippen LogP contribution in [0.25, 0.3) is 10.8 Å². The predicted octanol–water partition coefficient (Wildman–Crippen LogP) is 3.25. The van der Waals surface area contributed by atoms with Crippen molar-refractivity contribution in [1.29, 1.82) is 5.52 Å². The SMILES string of the molecule is [2H]N=Nc1ccc2cccc(NC)c2c1O. The molecule has 15 heavy (non-hydrogen) atoms. The van der Waals surface area contributed by atoms with Crippen molar-refractivity contribution >= 4 is 22.1 Å². The molecule has 2 aromatic rings. The third-order valence-electron chi connectivity index (χ3n) is 2.37. The van der Waals surface area contributed by atoms with Gasteiger partial charge in [0.15, 0.2) is 5.75 Å². The van der Waals surface area contributed by atoms with Gasteiger partial charge in [-0.1, -0.05) is 18.2 Å². The summed E-state index contributed by atoms with van der Waals surface area (Å²) in [5.74, 6) is 0.0402. The van der Waals surface area contributed by atoms with Crippen molar-refractivity contribution in [2.45, 2.75) is 0 Å². The molecule has 0 aliphatic rings. The smallest absolute Gasteiger partial charge is 0.214 e. The van der Waals surface area contributed by atoms with Crippen molar-refractivity contribution in [2.75, 3.05) is 12.4 Å². The standard InChI is InChI=1S/C11H11N3O/c1-13-8-4-2-3-7-5-6-9(14-12)11(15)10(7)8/h2-6,12-13,15H,1H3/i/hD. The molecular formula is C11H11N3O. The molecule has 0 aromatic heterocycles. The third kappa shape index (κ3) is 1.40. The minimum atomic E-state index is 0.0402. The highest BCUT2D eigenvalue weighted by Gasteiger charge is 2.08. The Morgan fingerprint density at radius 3 is 3.00 bits per heavy atom. The number of nitrogens with zero attached hydrogens (tertiary/aromatic N) is 1. The lowest BCUT2D eigenvalue weighted by molar-refractivity contribution is 0.482. The Morgan fingerprint density at radius 1 is 1.40 bits per heavy atom. The van der Waals surface area contributed by atoms with Crippen molar-refractivity contribution < 1.29 is 6.52 Å². The van der Waals surface area contributed by atoms with Gasteiger partial charge in [0.25, 0.3) is 0 Å². The first-order chi connectivity index (χ1) is 7.77. The van der Waals surface area contributed by atoms with Crippen molar-refractivity contribution in [1.82, 2.24) is 0 Å². The highest BCUT2D eigenvalue weighted by molar-refractivity contribution is 6.01. The van der Waals surface area contributed by atoms with Gasteiger partial charge in [0.1, 0.15) is 5.69 Å². The number of rotatable bonds is 2. The first kappa shape index (κ1) is 8.23. The fourth-order valence-corrected chi connectivity index (χ4v) is 1.64. The number of benzene rings is 2. The lowest BCUT2D eigenvalue weighted by Gasteiger charge is -2.08. The van der Waals surface area contributed by atoms with Crippen molar-refractivity contribution in [3.63, 3.8) is 0 Å². The normalized spacial score (nSPS) is 11.9. The highest BCUT2D eigenvalue weighted by Crippen LogP contribution is 2.38. The summed E-state index contributed by atoms with van der Waals surface area (Å²) in [5, 5.41) is 18.2. The monoisotopic (exact) mass is 202 g/mol. The van der Waals surface area contributed by atoms with E-state index in [9.17, 15) is 5.11 Å².